The summed E-state index contributed by atoms with van der Waals surface area (Å²) in [4.78, 5) is 31.4. The molecule has 4 rings (SSSR count). The summed E-state index contributed by atoms with van der Waals surface area (Å²) in [5, 5.41) is 0. The Morgan fingerprint density at radius 3 is 2.21 bits per heavy atom. The molecule has 2 amide bonds. The molecule has 0 atom stereocenters. The second kappa shape index (κ2) is 8.61. The summed E-state index contributed by atoms with van der Waals surface area (Å²) in [6.45, 7) is 5.82. The molecule has 2 aliphatic heterocycles. The van der Waals surface area contributed by atoms with Gasteiger partial charge in [-0.25, -0.2) is 0 Å². The van der Waals surface area contributed by atoms with Gasteiger partial charge in [0.15, 0.2) is 0 Å². The van der Waals surface area contributed by atoms with Crippen LogP contribution in [0.25, 0.3) is 0 Å². The van der Waals surface area contributed by atoms with Gasteiger partial charge in [0.2, 0.25) is 5.91 Å². The maximum absolute atomic E-state index is 13.0. The maximum Gasteiger partial charge on any atom is 0.270 e. The first-order valence-corrected chi connectivity index (χ1v) is 10.2. The normalized spacial score (nSPS) is 17.9. The van der Waals surface area contributed by atoms with Crippen LogP contribution in [0.3, 0.4) is 0 Å². The second-order valence-electron chi connectivity index (χ2n) is 7.66. The van der Waals surface area contributed by atoms with Gasteiger partial charge in [0.05, 0.1) is 6.54 Å². The number of benzene rings is 1. The Bertz CT molecular complexity index is 803. The third-order valence-electron chi connectivity index (χ3n) is 5.72. The molecule has 28 heavy (non-hydrogen) atoms. The van der Waals surface area contributed by atoms with Crippen LogP contribution in [0.15, 0.2) is 48.7 Å². The number of likely N-dealkylation sites (tertiary alicyclic amines) is 1. The van der Waals surface area contributed by atoms with Gasteiger partial charge in [-0.2, -0.15) is 0 Å². The van der Waals surface area contributed by atoms with Crippen molar-refractivity contribution in [2.45, 2.75) is 19.4 Å². The molecule has 148 valence electrons. The number of nitrogens with zero attached hydrogens (tertiary/aromatic N) is 4. The highest BCUT2D eigenvalue weighted by Gasteiger charge is 2.26. The first-order valence-electron chi connectivity index (χ1n) is 10.2. The van der Waals surface area contributed by atoms with Gasteiger partial charge >= 0.3 is 0 Å². The molecule has 2 saturated heterocycles. The van der Waals surface area contributed by atoms with Crippen molar-refractivity contribution in [1.82, 2.24) is 19.3 Å². The van der Waals surface area contributed by atoms with Crippen LogP contribution in [0.1, 0.15) is 28.9 Å². The number of rotatable bonds is 5. The first-order chi connectivity index (χ1) is 13.7. The predicted octanol–water partition coefficient (Wildman–Crippen LogP) is 1.92. The average Bonchev–Trinajstić information content (AvgIpc) is 3.41. The summed E-state index contributed by atoms with van der Waals surface area (Å²) in [6, 6.07) is 14.0. The number of hydrogen-bond donors (Lipinski definition) is 0. The molecule has 1 aromatic carbocycles. The van der Waals surface area contributed by atoms with Crippen LogP contribution in [0.2, 0.25) is 0 Å². The van der Waals surface area contributed by atoms with E-state index in [9.17, 15) is 9.59 Å². The Morgan fingerprint density at radius 1 is 0.786 bits per heavy atom. The molecule has 0 bridgehead atoms. The minimum Gasteiger partial charge on any atom is -0.342 e. The summed E-state index contributed by atoms with van der Waals surface area (Å²) in [5.74, 6) is 0.306. The number of piperazine rings is 1. The molecule has 0 unspecified atom stereocenters. The molecule has 0 spiro atoms. The topological polar surface area (TPSA) is 48.8 Å². The lowest BCUT2D eigenvalue weighted by atomic mass is 10.2. The van der Waals surface area contributed by atoms with Crippen molar-refractivity contribution < 1.29 is 9.59 Å². The summed E-state index contributed by atoms with van der Waals surface area (Å²) in [7, 11) is 0. The highest BCUT2D eigenvalue weighted by atomic mass is 16.2. The monoisotopic (exact) mass is 380 g/mol. The van der Waals surface area contributed by atoms with Crippen LogP contribution >= 0.6 is 0 Å². The lowest BCUT2D eigenvalue weighted by molar-refractivity contribution is -0.131. The second-order valence-corrected chi connectivity index (χ2v) is 7.66. The highest BCUT2D eigenvalue weighted by Crippen LogP contribution is 2.13. The van der Waals surface area contributed by atoms with Gasteiger partial charge in [0.1, 0.15) is 5.69 Å². The highest BCUT2D eigenvalue weighted by molar-refractivity contribution is 5.93. The van der Waals surface area contributed by atoms with E-state index >= 15 is 0 Å². The van der Waals surface area contributed by atoms with E-state index in [1.807, 2.05) is 50.9 Å². The molecule has 0 N–H and O–H groups in total. The molecule has 2 aliphatic rings. The van der Waals surface area contributed by atoms with Crippen molar-refractivity contribution in [3.63, 3.8) is 0 Å². The molecule has 0 radical (unpaired) electrons. The van der Waals surface area contributed by atoms with Gasteiger partial charge in [-0.1, -0.05) is 30.3 Å². The van der Waals surface area contributed by atoms with E-state index in [-0.39, 0.29) is 11.8 Å². The Labute approximate surface area is 166 Å². The van der Waals surface area contributed by atoms with E-state index in [1.165, 1.54) is 5.56 Å². The fraction of sp³-hybridized carbons (Fsp3) is 0.455. The fourth-order valence-electron chi connectivity index (χ4n) is 4.06. The van der Waals surface area contributed by atoms with E-state index in [0.717, 1.165) is 44.7 Å². The van der Waals surface area contributed by atoms with Crippen LogP contribution in [0, 0.1) is 0 Å². The maximum atomic E-state index is 13.0. The smallest absolute Gasteiger partial charge is 0.270 e. The van der Waals surface area contributed by atoms with Crippen molar-refractivity contribution in [2.75, 3.05) is 45.8 Å². The molecule has 0 saturated carbocycles. The minimum atomic E-state index is 0.0754. The molecule has 2 aromatic rings. The zero-order chi connectivity index (χ0) is 19.3. The molecule has 6 nitrogen and oxygen atoms in total. The largest absolute Gasteiger partial charge is 0.342 e. The van der Waals surface area contributed by atoms with Crippen LogP contribution < -0.4 is 0 Å². The van der Waals surface area contributed by atoms with Gasteiger partial charge in [0, 0.05) is 52.0 Å². The summed E-state index contributed by atoms with van der Waals surface area (Å²) in [6.07, 6.45) is 4.21. The van der Waals surface area contributed by atoms with E-state index in [1.54, 1.807) is 0 Å². The number of aromatic nitrogens is 1. The number of carbonyl (C=O) groups excluding carboxylic acids is 2. The minimum absolute atomic E-state index is 0.0754. The lowest BCUT2D eigenvalue weighted by Gasteiger charge is -2.35. The molecular weight excluding hydrogens is 352 g/mol. The quantitative estimate of drug-likeness (QED) is 0.796. The van der Waals surface area contributed by atoms with Crippen molar-refractivity contribution in [1.29, 1.82) is 0 Å². The Balaban J connectivity index is 1.32. The van der Waals surface area contributed by atoms with Gasteiger partial charge in [-0.3, -0.25) is 14.5 Å². The molecule has 0 aliphatic carbocycles. The number of carbonyl (C=O) groups is 2. The van der Waals surface area contributed by atoms with Crippen molar-refractivity contribution in [3.05, 3.63) is 59.9 Å². The third-order valence-corrected chi connectivity index (χ3v) is 5.72. The van der Waals surface area contributed by atoms with E-state index in [4.69, 9.17) is 0 Å². The Morgan fingerprint density at radius 2 is 1.50 bits per heavy atom. The Kier molecular flexibility index (Phi) is 5.76. The zero-order valence-electron chi connectivity index (χ0n) is 16.3. The van der Waals surface area contributed by atoms with Crippen LogP contribution in [-0.2, 0) is 11.3 Å². The van der Waals surface area contributed by atoms with Gasteiger partial charge in [-0.15, -0.1) is 0 Å². The zero-order valence-corrected chi connectivity index (χ0v) is 16.3. The first kappa shape index (κ1) is 18.7. The molecule has 6 heteroatoms. The molecule has 2 fully saturated rings. The molecule has 1 aromatic heterocycles. The summed E-state index contributed by atoms with van der Waals surface area (Å²) >= 11 is 0. The van der Waals surface area contributed by atoms with E-state index < -0.39 is 0 Å². The van der Waals surface area contributed by atoms with Gasteiger partial charge < -0.3 is 14.4 Å². The SMILES string of the molecule is O=C(CN1CCN(C(=O)c2cccn2Cc2ccccc2)CC1)N1CCCC1. The fourth-order valence-corrected chi connectivity index (χ4v) is 4.06. The predicted molar refractivity (Wildman–Crippen MR) is 108 cm³/mol. The molecular formula is C22H28N4O2. The van der Waals surface area contributed by atoms with Crippen LogP contribution in [0.4, 0.5) is 0 Å². The standard InChI is InChI=1S/C22H28N4O2/c27-21(24-10-4-5-11-24)18-23-13-15-25(16-14-23)22(28)20-9-6-12-26(20)17-19-7-2-1-3-8-19/h1-3,6-9,12H,4-5,10-11,13-18H2. The number of hydrogen-bond acceptors (Lipinski definition) is 3. The van der Waals surface area contributed by atoms with E-state index in [0.29, 0.717) is 26.2 Å². The van der Waals surface area contributed by atoms with E-state index in [2.05, 4.69) is 17.0 Å². The average molecular weight is 380 g/mol. The number of amides is 2. The van der Waals surface area contributed by atoms with Crippen LogP contribution in [0.5, 0.6) is 0 Å². The van der Waals surface area contributed by atoms with Crippen molar-refractivity contribution in [2.24, 2.45) is 0 Å². The third kappa shape index (κ3) is 4.28. The Hall–Kier alpha value is -2.60. The summed E-state index contributed by atoms with van der Waals surface area (Å²) in [5.41, 5.74) is 1.91. The summed E-state index contributed by atoms with van der Waals surface area (Å²) < 4.78 is 2.01. The van der Waals surface area contributed by atoms with Crippen LogP contribution in [-0.4, -0.2) is 76.9 Å². The lowest BCUT2D eigenvalue weighted by Crippen LogP contribution is -2.51. The molecule has 3 heterocycles. The van der Waals surface area contributed by atoms with Gasteiger partial charge in [0.25, 0.3) is 5.91 Å². The van der Waals surface area contributed by atoms with Gasteiger partial charge in [-0.05, 0) is 30.5 Å². The van der Waals surface area contributed by atoms with Crippen molar-refractivity contribution >= 4 is 11.8 Å². The van der Waals surface area contributed by atoms with Crippen molar-refractivity contribution in [3.8, 4) is 0 Å².